The third kappa shape index (κ3) is 3.43. The molecule has 5 heteroatoms. The molecule has 1 heterocycles. The molecular weight excluding hydrogens is 376 g/mol. The number of hydrogen-bond donors (Lipinski definition) is 0. The molecule has 2 aromatic carbocycles. The number of nitrogens with zero attached hydrogens (tertiary/aromatic N) is 2. The van der Waals surface area contributed by atoms with Gasteiger partial charge in [0.2, 0.25) is 0 Å². The Morgan fingerprint density at radius 2 is 1.77 bits per heavy atom. The molecule has 0 amide bonds. The summed E-state index contributed by atoms with van der Waals surface area (Å²) in [5.41, 5.74) is 6.72. The Morgan fingerprint density at radius 3 is 2.43 bits per heavy atom. The van der Waals surface area contributed by atoms with E-state index in [9.17, 15) is 4.79 Å². The van der Waals surface area contributed by atoms with Crippen molar-refractivity contribution in [3.63, 3.8) is 0 Å². The molecule has 0 saturated heterocycles. The second kappa shape index (κ2) is 7.67. The van der Waals surface area contributed by atoms with Crippen molar-refractivity contribution < 1.29 is 14.0 Å². The molecule has 30 heavy (non-hydrogen) atoms. The van der Waals surface area contributed by atoms with E-state index in [0.717, 1.165) is 44.7 Å². The maximum absolute atomic E-state index is 11.8. The number of Topliss-reactive ketones (excluding diaryl/α,β-unsaturated/α-hetero) is 1. The quantitative estimate of drug-likeness (QED) is 0.267. The predicted octanol–water partition coefficient (Wildman–Crippen LogP) is 5.24. The summed E-state index contributed by atoms with van der Waals surface area (Å²) in [7, 11) is 5.53. The molecule has 0 radical (unpaired) electrons. The monoisotopic (exact) mass is 400 g/mol. The van der Waals surface area contributed by atoms with Gasteiger partial charge in [-0.2, -0.15) is 0 Å². The normalized spacial score (nSPS) is 11.8. The van der Waals surface area contributed by atoms with Gasteiger partial charge in [0.1, 0.15) is 23.8 Å². The highest BCUT2D eigenvalue weighted by Gasteiger charge is 2.19. The van der Waals surface area contributed by atoms with Crippen LogP contribution >= 0.6 is 0 Å². The van der Waals surface area contributed by atoms with Crippen LogP contribution in [0.1, 0.15) is 22.8 Å². The molecule has 0 saturated carbocycles. The summed E-state index contributed by atoms with van der Waals surface area (Å²) >= 11 is 0. The van der Waals surface area contributed by atoms with Gasteiger partial charge in [0, 0.05) is 54.0 Å². The number of aryl methyl sites for hydroxylation is 1. The third-order valence-corrected chi connectivity index (χ3v) is 5.30. The molecule has 0 N–H and O–H groups in total. The van der Waals surface area contributed by atoms with Crippen LogP contribution in [0.3, 0.4) is 0 Å². The van der Waals surface area contributed by atoms with Crippen molar-refractivity contribution >= 4 is 22.4 Å². The zero-order chi connectivity index (χ0) is 21.4. The van der Waals surface area contributed by atoms with Crippen LogP contribution in [-0.4, -0.2) is 27.0 Å². The second-order valence-electron chi connectivity index (χ2n) is 7.59. The molecule has 0 fully saturated rings. The van der Waals surface area contributed by atoms with E-state index in [2.05, 4.69) is 17.3 Å². The standard InChI is InChI=1S/C25H24N2O3/c1-15-12-17(16(2)28)6-9-20(15)25-21-10-7-18(26-29-5)13-23(21)30-24-14-19(27(3)4)8-11-22(24)25/h6-14H,1-5H3/b26-18+. The zero-order valence-electron chi connectivity index (χ0n) is 17.8. The van der Waals surface area contributed by atoms with E-state index in [-0.39, 0.29) is 5.78 Å². The van der Waals surface area contributed by atoms with Crippen molar-refractivity contribution in [2.45, 2.75) is 13.8 Å². The molecule has 2 aromatic rings. The number of ketones is 1. The number of hydrogen-bond acceptors (Lipinski definition) is 5. The van der Waals surface area contributed by atoms with Crippen molar-refractivity contribution in [2.75, 3.05) is 26.1 Å². The van der Waals surface area contributed by atoms with Crippen molar-refractivity contribution in [1.82, 2.24) is 0 Å². The lowest BCUT2D eigenvalue weighted by molar-refractivity contribution is 0.101. The van der Waals surface area contributed by atoms with Gasteiger partial charge in [0.05, 0.1) is 0 Å². The van der Waals surface area contributed by atoms with E-state index in [4.69, 9.17) is 9.25 Å². The highest BCUT2D eigenvalue weighted by atomic mass is 16.6. The fourth-order valence-electron chi connectivity index (χ4n) is 3.76. The van der Waals surface area contributed by atoms with E-state index in [0.29, 0.717) is 10.9 Å². The Morgan fingerprint density at radius 1 is 1.00 bits per heavy atom. The molecule has 0 atom stereocenters. The van der Waals surface area contributed by atoms with Crippen LogP contribution in [-0.2, 0) is 4.84 Å². The molecule has 5 nitrogen and oxygen atoms in total. The molecule has 0 spiro atoms. The Labute approximate surface area is 175 Å². The predicted molar refractivity (Wildman–Crippen MR) is 120 cm³/mol. The molecule has 152 valence electrons. The summed E-state index contributed by atoms with van der Waals surface area (Å²) in [5, 5.41) is 5.73. The molecular formula is C25H24N2O3. The summed E-state index contributed by atoms with van der Waals surface area (Å²) in [5.74, 6) is 0.783. The van der Waals surface area contributed by atoms with Crippen LogP contribution in [0.15, 0.2) is 64.2 Å². The van der Waals surface area contributed by atoms with Gasteiger partial charge >= 0.3 is 0 Å². The Kier molecular flexibility index (Phi) is 5.04. The lowest BCUT2D eigenvalue weighted by Gasteiger charge is -2.19. The molecule has 1 aliphatic carbocycles. The van der Waals surface area contributed by atoms with Crippen molar-refractivity contribution in [3.8, 4) is 22.5 Å². The van der Waals surface area contributed by atoms with Crippen molar-refractivity contribution in [1.29, 1.82) is 0 Å². The van der Waals surface area contributed by atoms with Gasteiger partial charge in [-0.1, -0.05) is 17.3 Å². The number of rotatable bonds is 4. The van der Waals surface area contributed by atoms with Gasteiger partial charge in [-0.15, -0.1) is 0 Å². The fourth-order valence-corrected chi connectivity index (χ4v) is 3.76. The minimum absolute atomic E-state index is 0.0591. The lowest BCUT2D eigenvalue weighted by Crippen LogP contribution is -2.08. The van der Waals surface area contributed by atoms with Gasteiger partial charge in [0.25, 0.3) is 0 Å². The summed E-state index contributed by atoms with van der Waals surface area (Å²) in [6.07, 6.45) is 0. The van der Waals surface area contributed by atoms with Crippen LogP contribution < -0.4 is 10.3 Å². The van der Waals surface area contributed by atoms with Gasteiger partial charge in [0.15, 0.2) is 5.78 Å². The smallest absolute Gasteiger partial charge is 0.159 e. The fraction of sp³-hybridized carbons (Fsp3) is 0.200. The van der Waals surface area contributed by atoms with Gasteiger partial charge in [-0.3, -0.25) is 4.79 Å². The first kappa shape index (κ1) is 19.7. The lowest BCUT2D eigenvalue weighted by atomic mass is 9.90. The molecule has 4 rings (SSSR count). The maximum atomic E-state index is 11.8. The van der Waals surface area contributed by atoms with E-state index in [1.54, 1.807) is 6.92 Å². The number of carbonyl (C=O) groups is 1. The van der Waals surface area contributed by atoms with Crippen LogP contribution in [0, 0.1) is 6.92 Å². The molecule has 1 aliphatic heterocycles. The van der Waals surface area contributed by atoms with Gasteiger partial charge in [-0.05, 0) is 55.3 Å². The first-order valence-corrected chi connectivity index (χ1v) is 9.76. The summed E-state index contributed by atoms with van der Waals surface area (Å²) in [4.78, 5) is 18.8. The van der Waals surface area contributed by atoms with Crippen LogP contribution in [0.4, 0.5) is 5.69 Å². The largest absolute Gasteiger partial charge is 0.456 e. The van der Waals surface area contributed by atoms with Crippen LogP contribution in [0.25, 0.3) is 33.4 Å². The SMILES string of the molecule is CO/N=c1\ccc2c(-c3ccc(C(C)=O)cc3C)c3ccc(N(C)C)cc3oc-2c1. The first-order valence-electron chi connectivity index (χ1n) is 9.76. The third-order valence-electron chi connectivity index (χ3n) is 5.30. The zero-order valence-corrected chi connectivity index (χ0v) is 17.8. The first-order chi connectivity index (χ1) is 14.4. The number of carbonyl (C=O) groups excluding carboxylic acids is 1. The number of benzene rings is 3. The number of anilines is 1. The van der Waals surface area contributed by atoms with E-state index < -0.39 is 0 Å². The number of fused-ring (bicyclic) bond motifs is 2. The average molecular weight is 400 g/mol. The van der Waals surface area contributed by atoms with E-state index in [1.165, 1.54) is 7.11 Å². The summed E-state index contributed by atoms with van der Waals surface area (Å²) in [6.45, 7) is 3.62. The van der Waals surface area contributed by atoms with E-state index in [1.807, 2.05) is 68.4 Å². The topological polar surface area (TPSA) is 55.0 Å². The maximum Gasteiger partial charge on any atom is 0.159 e. The van der Waals surface area contributed by atoms with Crippen molar-refractivity contribution in [3.05, 3.63) is 71.1 Å². The molecule has 0 bridgehead atoms. The Hall–Kier alpha value is -3.60. The summed E-state index contributed by atoms with van der Waals surface area (Å²) < 4.78 is 6.29. The molecule has 0 unspecified atom stereocenters. The minimum Gasteiger partial charge on any atom is -0.456 e. The van der Waals surface area contributed by atoms with Crippen LogP contribution in [0.2, 0.25) is 0 Å². The minimum atomic E-state index is 0.0591. The molecule has 0 aromatic heterocycles. The second-order valence-corrected chi connectivity index (χ2v) is 7.59. The van der Waals surface area contributed by atoms with Gasteiger partial charge in [-0.25, -0.2) is 0 Å². The highest BCUT2D eigenvalue weighted by molar-refractivity contribution is 6.04. The van der Waals surface area contributed by atoms with Crippen molar-refractivity contribution in [2.24, 2.45) is 5.16 Å². The Bertz CT molecular complexity index is 1300. The van der Waals surface area contributed by atoms with Gasteiger partial charge < -0.3 is 14.2 Å². The summed E-state index contributed by atoms with van der Waals surface area (Å²) in [6, 6.07) is 17.9. The van der Waals surface area contributed by atoms with Crippen LogP contribution in [0.5, 0.6) is 0 Å². The molecule has 2 aliphatic rings. The van der Waals surface area contributed by atoms with E-state index >= 15 is 0 Å². The highest BCUT2D eigenvalue weighted by Crippen LogP contribution is 2.41. The average Bonchev–Trinajstić information content (AvgIpc) is 2.72. The Balaban J connectivity index is 2.10.